The smallest absolute Gasteiger partial charge is 0.276 e. The third-order valence-electron chi connectivity index (χ3n) is 1.88. The Hall–Kier alpha value is -1.20. The Morgan fingerprint density at radius 2 is 1.81 bits per heavy atom. The van der Waals surface area contributed by atoms with Crippen molar-refractivity contribution in [1.82, 2.24) is 14.3 Å². The van der Waals surface area contributed by atoms with Crippen LogP contribution in [0, 0.1) is 0 Å². The zero-order valence-electron chi connectivity index (χ0n) is 10.4. The zero-order valence-corrected chi connectivity index (χ0v) is 10.4. The van der Waals surface area contributed by atoms with Crippen molar-refractivity contribution in [3.8, 4) is 0 Å². The fraction of sp³-hybridized carbons (Fsp3) is 0.800. The minimum absolute atomic E-state index is 0.141. The molecule has 6 heteroatoms. The first-order valence-corrected chi connectivity index (χ1v) is 5.36. The molecule has 1 heterocycles. The van der Waals surface area contributed by atoms with Crippen molar-refractivity contribution in [3.05, 3.63) is 16.3 Å². The average Bonchev–Trinajstić information content (AvgIpc) is 2.44. The van der Waals surface area contributed by atoms with Crippen molar-refractivity contribution in [1.29, 1.82) is 0 Å². The molecule has 94 valence electrons. The summed E-state index contributed by atoms with van der Waals surface area (Å²) in [6.45, 7) is 7.52. The quantitative estimate of drug-likeness (QED) is 0.803. The van der Waals surface area contributed by atoms with Crippen LogP contribution in [0.5, 0.6) is 0 Å². The third kappa shape index (κ3) is 3.43. The van der Waals surface area contributed by atoms with Crippen LogP contribution >= 0.6 is 0 Å². The third-order valence-corrected chi connectivity index (χ3v) is 1.88. The molecule has 1 aromatic heterocycles. The summed E-state index contributed by atoms with van der Waals surface area (Å²) >= 11 is 0. The number of aryl methyl sites for hydroxylation is 1. The van der Waals surface area contributed by atoms with Crippen LogP contribution in [0.2, 0.25) is 0 Å². The molecule has 0 saturated heterocycles. The molecule has 0 aliphatic carbocycles. The van der Waals surface area contributed by atoms with E-state index in [0.717, 1.165) is 4.68 Å². The minimum atomic E-state index is -2.48. The molecule has 0 aliphatic rings. The predicted molar refractivity (Wildman–Crippen MR) is 58.9 cm³/mol. The Kier molecular flexibility index (Phi) is 5.92. The van der Waals surface area contributed by atoms with Gasteiger partial charge in [0.2, 0.25) is 6.43 Å². The Morgan fingerprint density at radius 3 is 2.19 bits per heavy atom. The SMILES string of the molecule is CC.CC(C)n1c(CC(F)F)nn(C)c1=O. The topological polar surface area (TPSA) is 39.8 Å². The summed E-state index contributed by atoms with van der Waals surface area (Å²) in [7, 11) is 1.45. The van der Waals surface area contributed by atoms with Gasteiger partial charge in [-0.15, -0.1) is 0 Å². The summed E-state index contributed by atoms with van der Waals surface area (Å²) in [5.41, 5.74) is -0.351. The lowest BCUT2D eigenvalue weighted by Gasteiger charge is -2.07. The molecule has 0 aromatic carbocycles. The Labute approximate surface area is 93.9 Å². The van der Waals surface area contributed by atoms with Crippen LogP contribution in [0.1, 0.15) is 39.6 Å². The molecule has 0 amide bonds. The van der Waals surface area contributed by atoms with Crippen molar-refractivity contribution >= 4 is 0 Å². The maximum atomic E-state index is 12.1. The normalized spacial score (nSPS) is 10.6. The van der Waals surface area contributed by atoms with Crippen LogP contribution in [-0.4, -0.2) is 20.8 Å². The number of aromatic nitrogens is 3. The van der Waals surface area contributed by atoms with E-state index in [9.17, 15) is 13.6 Å². The number of hydrogen-bond acceptors (Lipinski definition) is 2. The van der Waals surface area contributed by atoms with Gasteiger partial charge in [-0.05, 0) is 13.8 Å². The highest BCUT2D eigenvalue weighted by molar-refractivity contribution is 4.90. The largest absolute Gasteiger partial charge is 0.345 e. The van der Waals surface area contributed by atoms with E-state index in [1.165, 1.54) is 11.6 Å². The summed E-state index contributed by atoms with van der Waals surface area (Å²) in [6.07, 6.45) is -2.96. The molecule has 0 atom stereocenters. The highest BCUT2D eigenvalue weighted by Crippen LogP contribution is 2.08. The zero-order chi connectivity index (χ0) is 12.9. The molecule has 1 aromatic rings. The predicted octanol–water partition coefficient (Wildman–Crippen LogP) is 2.00. The van der Waals surface area contributed by atoms with Gasteiger partial charge in [0, 0.05) is 13.1 Å². The van der Waals surface area contributed by atoms with Gasteiger partial charge in [-0.2, -0.15) is 5.10 Å². The average molecular weight is 235 g/mol. The van der Waals surface area contributed by atoms with Crippen LogP contribution in [0.15, 0.2) is 4.79 Å². The Balaban J connectivity index is 0.00000106. The monoisotopic (exact) mass is 235 g/mol. The van der Waals surface area contributed by atoms with Crippen molar-refractivity contribution in [2.45, 2.75) is 46.6 Å². The highest BCUT2D eigenvalue weighted by atomic mass is 19.3. The second-order valence-corrected chi connectivity index (χ2v) is 3.38. The van der Waals surface area contributed by atoms with E-state index in [-0.39, 0.29) is 17.6 Å². The van der Waals surface area contributed by atoms with Crippen LogP contribution in [0.3, 0.4) is 0 Å². The standard InChI is InChI=1S/C8H13F2N3O.C2H6/c1-5(2)13-7(4-6(9)10)11-12(3)8(13)14;1-2/h5-6H,4H2,1-3H3;1-2H3. The van der Waals surface area contributed by atoms with E-state index in [2.05, 4.69) is 5.10 Å². The van der Waals surface area contributed by atoms with Crippen LogP contribution in [0.25, 0.3) is 0 Å². The second kappa shape index (κ2) is 6.40. The molecule has 1 rings (SSSR count). The Bertz CT molecular complexity index is 369. The molecule has 0 aliphatic heterocycles. The van der Waals surface area contributed by atoms with Gasteiger partial charge in [-0.3, -0.25) is 4.57 Å². The van der Waals surface area contributed by atoms with Gasteiger partial charge in [0.1, 0.15) is 5.82 Å². The molecule has 0 spiro atoms. The lowest BCUT2D eigenvalue weighted by molar-refractivity contribution is 0.144. The summed E-state index contributed by atoms with van der Waals surface area (Å²) in [5.74, 6) is 0.141. The van der Waals surface area contributed by atoms with Crippen molar-refractivity contribution in [2.75, 3.05) is 0 Å². The molecule has 0 saturated carbocycles. The maximum Gasteiger partial charge on any atom is 0.345 e. The summed E-state index contributed by atoms with van der Waals surface area (Å²) in [4.78, 5) is 11.4. The van der Waals surface area contributed by atoms with Crippen molar-refractivity contribution in [2.24, 2.45) is 7.05 Å². The first-order chi connectivity index (χ1) is 7.43. The van der Waals surface area contributed by atoms with Gasteiger partial charge in [-0.25, -0.2) is 18.3 Å². The number of hydrogen-bond donors (Lipinski definition) is 0. The van der Waals surface area contributed by atoms with E-state index in [0.29, 0.717) is 0 Å². The summed E-state index contributed by atoms with van der Waals surface area (Å²) in [5, 5.41) is 3.76. The number of alkyl halides is 2. The van der Waals surface area contributed by atoms with Gasteiger partial charge in [0.05, 0.1) is 6.42 Å². The molecule has 0 N–H and O–H groups in total. The van der Waals surface area contributed by atoms with Gasteiger partial charge >= 0.3 is 5.69 Å². The van der Waals surface area contributed by atoms with Gasteiger partial charge in [0.25, 0.3) is 0 Å². The lowest BCUT2D eigenvalue weighted by atomic mass is 10.3. The maximum absolute atomic E-state index is 12.1. The molecule has 16 heavy (non-hydrogen) atoms. The van der Waals surface area contributed by atoms with E-state index >= 15 is 0 Å². The van der Waals surface area contributed by atoms with Crippen molar-refractivity contribution < 1.29 is 8.78 Å². The molecule has 0 bridgehead atoms. The van der Waals surface area contributed by atoms with Crippen LogP contribution in [0.4, 0.5) is 8.78 Å². The van der Waals surface area contributed by atoms with Gasteiger partial charge in [-0.1, -0.05) is 13.8 Å². The fourth-order valence-electron chi connectivity index (χ4n) is 1.33. The molecule has 0 radical (unpaired) electrons. The van der Waals surface area contributed by atoms with E-state index in [1.807, 2.05) is 13.8 Å². The lowest BCUT2D eigenvalue weighted by Crippen LogP contribution is -2.25. The second-order valence-electron chi connectivity index (χ2n) is 3.38. The van der Waals surface area contributed by atoms with Crippen LogP contribution < -0.4 is 5.69 Å². The Morgan fingerprint density at radius 1 is 1.31 bits per heavy atom. The molecule has 0 fully saturated rings. The number of nitrogens with zero attached hydrogens (tertiary/aromatic N) is 3. The van der Waals surface area contributed by atoms with Crippen molar-refractivity contribution in [3.63, 3.8) is 0 Å². The fourth-order valence-corrected chi connectivity index (χ4v) is 1.33. The number of rotatable bonds is 3. The van der Waals surface area contributed by atoms with Gasteiger partial charge in [0.15, 0.2) is 0 Å². The number of halogens is 2. The molecule has 0 unspecified atom stereocenters. The highest BCUT2D eigenvalue weighted by Gasteiger charge is 2.17. The van der Waals surface area contributed by atoms with E-state index in [1.54, 1.807) is 13.8 Å². The van der Waals surface area contributed by atoms with E-state index in [4.69, 9.17) is 0 Å². The summed E-state index contributed by atoms with van der Waals surface area (Å²) < 4.78 is 26.6. The molecular formula is C10H19F2N3O. The van der Waals surface area contributed by atoms with Gasteiger partial charge < -0.3 is 0 Å². The molecule has 4 nitrogen and oxygen atoms in total. The summed E-state index contributed by atoms with van der Waals surface area (Å²) in [6, 6.07) is -0.148. The van der Waals surface area contributed by atoms with Crippen LogP contribution in [-0.2, 0) is 13.5 Å². The first kappa shape index (κ1) is 14.8. The molecular weight excluding hydrogens is 216 g/mol. The first-order valence-electron chi connectivity index (χ1n) is 5.36. The van der Waals surface area contributed by atoms with E-state index < -0.39 is 12.8 Å². The minimum Gasteiger partial charge on any atom is -0.276 e.